The van der Waals surface area contributed by atoms with Crippen molar-refractivity contribution in [3.05, 3.63) is 106 Å². The van der Waals surface area contributed by atoms with Gasteiger partial charge in [0.2, 0.25) is 11.8 Å². The molecular formula is C31H32BrN3O2. The zero-order valence-corrected chi connectivity index (χ0v) is 22.7. The van der Waals surface area contributed by atoms with Gasteiger partial charge in [-0.05, 0) is 61.1 Å². The molecule has 2 heterocycles. The molecule has 1 aliphatic heterocycles. The zero-order valence-electron chi connectivity index (χ0n) is 21.1. The van der Waals surface area contributed by atoms with Crippen molar-refractivity contribution < 1.29 is 9.53 Å². The van der Waals surface area contributed by atoms with Crippen LogP contribution in [0.1, 0.15) is 42.0 Å². The number of benzene rings is 3. The van der Waals surface area contributed by atoms with E-state index < -0.39 is 6.04 Å². The van der Waals surface area contributed by atoms with E-state index in [4.69, 9.17) is 9.72 Å². The van der Waals surface area contributed by atoms with E-state index >= 15 is 0 Å². The summed E-state index contributed by atoms with van der Waals surface area (Å²) in [5.41, 5.74) is 3.95. The number of fused-ring (bicyclic) bond motifs is 1. The minimum absolute atomic E-state index is 0.153. The van der Waals surface area contributed by atoms with E-state index in [1.54, 1.807) is 7.11 Å². The molecule has 5 rings (SSSR count). The summed E-state index contributed by atoms with van der Waals surface area (Å²) in [6, 6.07) is 28.0. The largest absolute Gasteiger partial charge is 0.481 e. The van der Waals surface area contributed by atoms with Crippen LogP contribution in [-0.4, -0.2) is 42.0 Å². The highest BCUT2D eigenvalue weighted by molar-refractivity contribution is 9.10. The molecule has 0 aliphatic carbocycles. The summed E-state index contributed by atoms with van der Waals surface area (Å²) in [5, 5.41) is 4.77. The van der Waals surface area contributed by atoms with Gasteiger partial charge in [0.15, 0.2) is 0 Å². The Labute approximate surface area is 227 Å². The summed E-state index contributed by atoms with van der Waals surface area (Å²) in [5.74, 6) is 0.708. The Balaban J connectivity index is 1.58. The summed E-state index contributed by atoms with van der Waals surface area (Å²) >= 11 is 3.59. The number of methoxy groups -OCH3 is 1. The molecule has 0 radical (unpaired) electrons. The molecule has 2 atom stereocenters. The predicted octanol–water partition coefficient (Wildman–Crippen LogP) is 6.31. The van der Waals surface area contributed by atoms with E-state index in [1.165, 1.54) is 6.42 Å². The first-order chi connectivity index (χ1) is 18.1. The number of hydrogen-bond donors (Lipinski definition) is 1. The molecule has 1 aromatic heterocycles. The number of halogens is 1. The quantitative estimate of drug-likeness (QED) is 0.276. The molecule has 4 aromatic rings. The Hall–Kier alpha value is -3.22. The second-order valence-electron chi connectivity index (χ2n) is 9.56. The molecule has 37 heavy (non-hydrogen) atoms. The molecule has 6 heteroatoms. The fourth-order valence-electron chi connectivity index (χ4n) is 5.13. The van der Waals surface area contributed by atoms with E-state index in [1.807, 2.05) is 53.4 Å². The van der Waals surface area contributed by atoms with Crippen LogP contribution < -0.4 is 10.1 Å². The predicted molar refractivity (Wildman–Crippen MR) is 152 cm³/mol. The van der Waals surface area contributed by atoms with Crippen molar-refractivity contribution in [3.63, 3.8) is 0 Å². The third-order valence-electron chi connectivity index (χ3n) is 7.02. The van der Waals surface area contributed by atoms with Crippen molar-refractivity contribution in [2.75, 3.05) is 20.2 Å². The van der Waals surface area contributed by atoms with Crippen LogP contribution in [0.4, 0.5) is 0 Å². The molecule has 3 aromatic carbocycles. The van der Waals surface area contributed by atoms with Crippen molar-refractivity contribution in [3.8, 4) is 5.88 Å². The Kier molecular flexibility index (Phi) is 8.17. The van der Waals surface area contributed by atoms with Gasteiger partial charge in [0.25, 0.3) is 0 Å². The molecule has 0 unspecified atom stereocenters. The lowest BCUT2D eigenvalue weighted by Crippen LogP contribution is -2.50. The van der Waals surface area contributed by atoms with Gasteiger partial charge >= 0.3 is 0 Å². The van der Waals surface area contributed by atoms with Crippen LogP contribution in [0.3, 0.4) is 0 Å². The fourth-order valence-corrected chi connectivity index (χ4v) is 5.51. The minimum atomic E-state index is -0.395. The molecule has 1 N–H and O–H groups in total. The summed E-state index contributed by atoms with van der Waals surface area (Å²) in [4.78, 5) is 20.8. The highest BCUT2D eigenvalue weighted by atomic mass is 79.9. The molecule has 1 aliphatic rings. The summed E-state index contributed by atoms with van der Waals surface area (Å²) in [7, 11) is 1.65. The smallest absolute Gasteiger partial charge is 0.240 e. The molecule has 1 fully saturated rings. The molecule has 190 valence electrons. The van der Waals surface area contributed by atoms with E-state index in [2.05, 4.69) is 57.6 Å². The lowest BCUT2D eigenvalue weighted by atomic mass is 9.95. The summed E-state index contributed by atoms with van der Waals surface area (Å²) in [6.45, 7) is 1.63. The first-order valence-corrected chi connectivity index (χ1v) is 13.7. The molecule has 0 spiro atoms. The number of hydrogen-bond acceptors (Lipinski definition) is 4. The average Bonchev–Trinajstić information content (AvgIpc) is 2.95. The van der Waals surface area contributed by atoms with Gasteiger partial charge in [-0.1, -0.05) is 76.6 Å². The zero-order chi connectivity index (χ0) is 25.6. The van der Waals surface area contributed by atoms with Gasteiger partial charge in [-0.3, -0.25) is 10.1 Å². The van der Waals surface area contributed by atoms with Crippen molar-refractivity contribution in [1.29, 1.82) is 0 Å². The lowest BCUT2D eigenvalue weighted by molar-refractivity contribution is -0.134. The monoisotopic (exact) mass is 557 g/mol. The topological polar surface area (TPSA) is 54.5 Å². The molecule has 0 bridgehead atoms. The highest BCUT2D eigenvalue weighted by Gasteiger charge is 2.30. The second-order valence-corrected chi connectivity index (χ2v) is 10.5. The van der Waals surface area contributed by atoms with Gasteiger partial charge in [0, 0.05) is 28.5 Å². The van der Waals surface area contributed by atoms with Gasteiger partial charge < -0.3 is 9.64 Å². The van der Waals surface area contributed by atoms with Crippen LogP contribution in [0.5, 0.6) is 5.88 Å². The molecular weight excluding hydrogens is 526 g/mol. The third kappa shape index (κ3) is 6.03. The number of amides is 1. The number of ether oxygens (including phenoxy) is 1. The average molecular weight is 559 g/mol. The Morgan fingerprint density at radius 1 is 0.973 bits per heavy atom. The maximum Gasteiger partial charge on any atom is 0.240 e. The van der Waals surface area contributed by atoms with Gasteiger partial charge in [-0.25, -0.2) is 4.98 Å². The van der Waals surface area contributed by atoms with Crippen LogP contribution >= 0.6 is 15.9 Å². The highest BCUT2D eigenvalue weighted by Crippen LogP contribution is 2.33. The van der Waals surface area contributed by atoms with Crippen LogP contribution in [0.2, 0.25) is 0 Å². The van der Waals surface area contributed by atoms with Crippen LogP contribution in [0.25, 0.3) is 10.9 Å². The molecule has 1 amide bonds. The number of carbonyl (C=O) groups excluding carboxylic acids is 1. The number of likely N-dealkylation sites (tertiary alicyclic amines) is 1. The van der Waals surface area contributed by atoms with Crippen molar-refractivity contribution >= 4 is 32.7 Å². The number of rotatable bonds is 8. The lowest BCUT2D eigenvalue weighted by Gasteiger charge is -2.33. The SMILES string of the molecule is COc1nc2ccc(Br)cc2cc1[C@@H](N[C@@H](Cc1ccccc1)C(=O)N1CCCCC1)c1ccccc1. The van der Waals surface area contributed by atoms with Crippen molar-refractivity contribution in [2.24, 2.45) is 0 Å². The fraction of sp³-hybridized carbons (Fsp3) is 0.290. The summed E-state index contributed by atoms with van der Waals surface area (Å²) in [6.07, 6.45) is 3.91. The number of piperidine rings is 1. The number of carbonyl (C=O) groups is 1. The van der Waals surface area contributed by atoms with Crippen LogP contribution in [0.15, 0.2) is 89.4 Å². The number of pyridine rings is 1. The summed E-state index contributed by atoms with van der Waals surface area (Å²) < 4.78 is 6.79. The first-order valence-electron chi connectivity index (χ1n) is 12.9. The molecule has 1 saturated heterocycles. The maximum atomic E-state index is 13.9. The molecule has 0 saturated carbocycles. The van der Waals surface area contributed by atoms with E-state index in [0.717, 1.165) is 58.0 Å². The maximum absolute atomic E-state index is 13.9. The van der Waals surface area contributed by atoms with Crippen LogP contribution in [-0.2, 0) is 11.2 Å². The minimum Gasteiger partial charge on any atom is -0.481 e. The van der Waals surface area contributed by atoms with Crippen molar-refractivity contribution in [2.45, 2.75) is 37.8 Å². The number of aromatic nitrogens is 1. The van der Waals surface area contributed by atoms with Gasteiger partial charge in [0.1, 0.15) is 0 Å². The van der Waals surface area contributed by atoms with Gasteiger partial charge in [-0.2, -0.15) is 0 Å². The number of nitrogens with one attached hydrogen (secondary N) is 1. The second kappa shape index (κ2) is 11.9. The third-order valence-corrected chi connectivity index (χ3v) is 7.52. The molecule has 5 nitrogen and oxygen atoms in total. The van der Waals surface area contributed by atoms with E-state index in [0.29, 0.717) is 12.3 Å². The Morgan fingerprint density at radius 2 is 1.68 bits per heavy atom. The standard InChI is InChI=1S/C31H32BrN3O2/c1-37-30-26(21-24-20-25(32)15-16-27(24)34-30)29(23-13-7-3-8-14-23)33-28(19-22-11-5-2-6-12-22)31(36)35-17-9-4-10-18-35/h2-3,5-8,11-16,20-21,28-29,33H,4,9-10,17-19H2,1H3/t28-,29-/m0/s1. The van der Waals surface area contributed by atoms with Gasteiger partial charge in [-0.15, -0.1) is 0 Å². The van der Waals surface area contributed by atoms with Crippen LogP contribution in [0, 0.1) is 0 Å². The van der Waals surface area contributed by atoms with Gasteiger partial charge in [0.05, 0.1) is 24.7 Å². The Bertz CT molecular complexity index is 1340. The van der Waals surface area contributed by atoms with Crippen molar-refractivity contribution in [1.82, 2.24) is 15.2 Å². The van der Waals surface area contributed by atoms with E-state index in [9.17, 15) is 4.79 Å². The number of nitrogens with zero attached hydrogens (tertiary/aromatic N) is 2. The normalized spacial score (nSPS) is 15.4. The first kappa shape index (κ1) is 25.4. The Morgan fingerprint density at radius 3 is 2.38 bits per heavy atom. The van der Waals surface area contributed by atoms with E-state index in [-0.39, 0.29) is 11.9 Å².